The van der Waals surface area contributed by atoms with Crippen LogP contribution in [-0.2, 0) is 0 Å². The Labute approximate surface area is 118 Å². The van der Waals surface area contributed by atoms with Gasteiger partial charge in [-0.05, 0) is 41.8 Å². The van der Waals surface area contributed by atoms with Crippen molar-refractivity contribution in [3.63, 3.8) is 0 Å². The van der Waals surface area contributed by atoms with Gasteiger partial charge in [-0.15, -0.1) is 0 Å². The van der Waals surface area contributed by atoms with Crippen molar-refractivity contribution in [1.82, 2.24) is 0 Å². The van der Waals surface area contributed by atoms with Crippen molar-refractivity contribution in [3.05, 3.63) is 58.1 Å². The van der Waals surface area contributed by atoms with Gasteiger partial charge in [0.05, 0.1) is 0 Å². The monoisotopic (exact) mass is 279 g/mol. The van der Waals surface area contributed by atoms with Crippen LogP contribution in [0.1, 0.15) is 25.3 Å². The van der Waals surface area contributed by atoms with E-state index in [-0.39, 0.29) is 0 Å². The van der Waals surface area contributed by atoms with E-state index in [1.54, 1.807) is 0 Å². The molecule has 0 aromatic heterocycles. The molecule has 1 N–H and O–H groups in total. The third kappa shape index (κ3) is 3.18. The summed E-state index contributed by atoms with van der Waals surface area (Å²) in [5.74, 6) is 0.434. The number of hydrogen-bond acceptors (Lipinski definition) is 1. The highest BCUT2D eigenvalue weighted by Crippen LogP contribution is 2.30. The molecule has 2 rings (SSSR count). The molecule has 0 unspecified atom stereocenters. The lowest BCUT2D eigenvalue weighted by atomic mass is 10.0. The van der Waals surface area contributed by atoms with E-state index in [0.29, 0.717) is 10.9 Å². The van der Waals surface area contributed by atoms with Crippen LogP contribution in [0.2, 0.25) is 10.0 Å². The number of anilines is 2. The SMILES string of the molecule is CC(C)c1ccc(Cl)cc1Nc1cccc(Cl)c1. The molecule has 0 atom stereocenters. The second kappa shape index (κ2) is 5.64. The summed E-state index contributed by atoms with van der Waals surface area (Å²) in [6.45, 7) is 4.32. The molecule has 18 heavy (non-hydrogen) atoms. The largest absolute Gasteiger partial charge is 0.355 e. The first-order valence-electron chi connectivity index (χ1n) is 5.88. The van der Waals surface area contributed by atoms with Crippen molar-refractivity contribution >= 4 is 34.6 Å². The molecule has 0 bridgehead atoms. The lowest BCUT2D eigenvalue weighted by Crippen LogP contribution is -1.97. The van der Waals surface area contributed by atoms with E-state index in [4.69, 9.17) is 23.2 Å². The zero-order valence-corrected chi connectivity index (χ0v) is 11.9. The molecule has 94 valence electrons. The van der Waals surface area contributed by atoms with Gasteiger partial charge in [0.2, 0.25) is 0 Å². The first-order chi connectivity index (χ1) is 8.56. The van der Waals surface area contributed by atoms with Crippen molar-refractivity contribution in [2.45, 2.75) is 19.8 Å². The van der Waals surface area contributed by atoms with Crippen molar-refractivity contribution in [3.8, 4) is 0 Å². The van der Waals surface area contributed by atoms with E-state index in [1.807, 2.05) is 36.4 Å². The topological polar surface area (TPSA) is 12.0 Å². The number of halogens is 2. The van der Waals surface area contributed by atoms with Crippen LogP contribution < -0.4 is 5.32 Å². The van der Waals surface area contributed by atoms with Gasteiger partial charge in [0.15, 0.2) is 0 Å². The maximum atomic E-state index is 6.05. The Bertz CT molecular complexity index is 550. The molecule has 0 fully saturated rings. The molecule has 0 saturated heterocycles. The fraction of sp³-hybridized carbons (Fsp3) is 0.200. The van der Waals surface area contributed by atoms with Gasteiger partial charge in [-0.25, -0.2) is 0 Å². The van der Waals surface area contributed by atoms with Crippen molar-refractivity contribution in [1.29, 1.82) is 0 Å². The van der Waals surface area contributed by atoms with E-state index < -0.39 is 0 Å². The summed E-state index contributed by atoms with van der Waals surface area (Å²) in [4.78, 5) is 0. The quantitative estimate of drug-likeness (QED) is 0.742. The van der Waals surface area contributed by atoms with E-state index in [0.717, 1.165) is 16.4 Å². The van der Waals surface area contributed by atoms with E-state index >= 15 is 0 Å². The van der Waals surface area contributed by atoms with Crippen LogP contribution in [0.3, 0.4) is 0 Å². The average Bonchev–Trinajstić information content (AvgIpc) is 2.28. The Kier molecular flexibility index (Phi) is 4.15. The number of hydrogen-bond donors (Lipinski definition) is 1. The molecular weight excluding hydrogens is 265 g/mol. The van der Waals surface area contributed by atoms with Gasteiger partial charge in [-0.2, -0.15) is 0 Å². The smallest absolute Gasteiger partial charge is 0.0434 e. The minimum absolute atomic E-state index is 0.434. The molecule has 0 heterocycles. The zero-order chi connectivity index (χ0) is 13.1. The molecule has 0 spiro atoms. The summed E-state index contributed by atoms with van der Waals surface area (Å²) in [7, 11) is 0. The van der Waals surface area contributed by atoms with Gasteiger partial charge in [0.1, 0.15) is 0 Å². The summed E-state index contributed by atoms with van der Waals surface area (Å²) in [6, 6.07) is 13.6. The van der Waals surface area contributed by atoms with E-state index in [2.05, 4.69) is 25.2 Å². The molecule has 0 aliphatic heterocycles. The Balaban J connectivity index is 2.36. The Morgan fingerprint density at radius 2 is 1.67 bits per heavy atom. The van der Waals surface area contributed by atoms with Gasteiger partial charge >= 0.3 is 0 Å². The second-order valence-electron chi connectivity index (χ2n) is 4.52. The summed E-state index contributed by atoms with van der Waals surface area (Å²) in [5.41, 5.74) is 3.23. The minimum Gasteiger partial charge on any atom is -0.355 e. The van der Waals surface area contributed by atoms with Crippen LogP contribution in [0, 0.1) is 0 Å². The average molecular weight is 280 g/mol. The van der Waals surface area contributed by atoms with Crippen LogP contribution >= 0.6 is 23.2 Å². The maximum absolute atomic E-state index is 6.05. The Morgan fingerprint density at radius 1 is 0.944 bits per heavy atom. The van der Waals surface area contributed by atoms with Gasteiger partial charge in [0.25, 0.3) is 0 Å². The predicted molar refractivity (Wildman–Crippen MR) is 80.3 cm³/mol. The van der Waals surface area contributed by atoms with Crippen molar-refractivity contribution in [2.75, 3.05) is 5.32 Å². The van der Waals surface area contributed by atoms with Crippen LogP contribution in [0.5, 0.6) is 0 Å². The molecule has 0 aliphatic carbocycles. The summed E-state index contributed by atoms with van der Waals surface area (Å²) in [6.07, 6.45) is 0. The fourth-order valence-electron chi connectivity index (χ4n) is 1.86. The number of rotatable bonds is 3. The molecule has 0 aliphatic rings. The highest BCUT2D eigenvalue weighted by Gasteiger charge is 2.07. The van der Waals surface area contributed by atoms with Crippen LogP contribution in [0.4, 0.5) is 11.4 Å². The third-order valence-corrected chi connectivity index (χ3v) is 3.21. The highest BCUT2D eigenvalue weighted by atomic mass is 35.5. The molecule has 0 saturated carbocycles. The van der Waals surface area contributed by atoms with Gasteiger partial charge in [0, 0.05) is 21.4 Å². The Hall–Kier alpha value is -1.18. The second-order valence-corrected chi connectivity index (χ2v) is 5.39. The number of benzene rings is 2. The molecular formula is C15H15Cl2N. The van der Waals surface area contributed by atoms with Crippen LogP contribution in [0.25, 0.3) is 0 Å². The van der Waals surface area contributed by atoms with Crippen molar-refractivity contribution < 1.29 is 0 Å². The van der Waals surface area contributed by atoms with Gasteiger partial charge < -0.3 is 5.32 Å². The molecule has 2 aromatic carbocycles. The predicted octanol–water partition coefficient (Wildman–Crippen LogP) is 5.86. The Morgan fingerprint density at radius 3 is 2.33 bits per heavy atom. The lowest BCUT2D eigenvalue weighted by molar-refractivity contribution is 0.869. The highest BCUT2D eigenvalue weighted by molar-refractivity contribution is 6.31. The van der Waals surface area contributed by atoms with E-state index in [9.17, 15) is 0 Å². The first kappa shape index (κ1) is 13.3. The normalized spacial score (nSPS) is 10.7. The van der Waals surface area contributed by atoms with Crippen molar-refractivity contribution in [2.24, 2.45) is 0 Å². The fourth-order valence-corrected chi connectivity index (χ4v) is 2.22. The zero-order valence-electron chi connectivity index (χ0n) is 10.4. The number of nitrogens with one attached hydrogen (secondary N) is 1. The first-order valence-corrected chi connectivity index (χ1v) is 6.64. The molecule has 0 amide bonds. The molecule has 1 nitrogen and oxygen atoms in total. The molecule has 2 aromatic rings. The standard InChI is InChI=1S/C15H15Cl2N/c1-10(2)14-7-6-12(17)9-15(14)18-13-5-3-4-11(16)8-13/h3-10,18H,1-2H3. The van der Waals surface area contributed by atoms with Crippen LogP contribution in [0.15, 0.2) is 42.5 Å². The lowest BCUT2D eigenvalue weighted by Gasteiger charge is -2.15. The molecule has 3 heteroatoms. The van der Waals surface area contributed by atoms with E-state index in [1.165, 1.54) is 5.56 Å². The van der Waals surface area contributed by atoms with Gasteiger partial charge in [-0.1, -0.05) is 49.2 Å². The maximum Gasteiger partial charge on any atom is 0.0434 e. The summed E-state index contributed by atoms with van der Waals surface area (Å²) < 4.78 is 0. The summed E-state index contributed by atoms with van der Waals surface area (Å²) in [5, 5.41) is 4.81. The van der Waals surface area contributed by atoms with Crippen LogP contribution in [-0.4, -0.2) is 0 Å². The third-order valence-electron chi connectivity index (χ3n) is 2.74. The molecule has 0 radical (unpaired) electrons. The van der Waals surface area contributed by atoms with Gasteiger partial charge in [-0.3, -0.25) is 0 Å². The summed E-state index contributed by atoms with van der Waals surface area (Å²) >= 11 is 12.0. The minimum atomic E-state index is 0.434.